The Hall–Kier alpha value is -1.85. The summed E-state index contributed by atoms with van der Waals surface area (Å²) in [6.45, 7) is 5.13. The number of hydrogen-bond donors (Lipinski definition) is 1. The number of aryl methyl sites for hydroxylation is 1. The molecule has 2 unspecified atom stereocenters. The van der Waals surface area contributed by atoms with Crippen molar-refractivity contribution in [2.24, 2.45) is 5.92 Å². The first-order chi connectivity index (χ1) is 10.1. The molecule has 1 N–H and O–H groups in total. The van der Waals surface area contributed by atoms with Gasteiger partial charge < -0.3 is 14.8 Å². The van der Waals surface area contributed by atoms with E-state index in [1.165, 1.54) is 0 Å². The third kappa shape index (κ3) is 2.66. The van der Waals surface area contributed by atoms with Gasteiger partial charge in [-0.2, -0.15) is 0 Å². The van der Waals surface area contributed by atoms with Crippen LogP contribution in [-0.2, 0) is 16.1 Å². The number of amides is 2. The van der Waals surface area contributed by atoms with E-state index in [0.717, 1.165) is 18.7 Å². The highest BCUT2D eigenvalue weighted by atomic mass is 16.2. The SMILES string of the molecule is CCC1NC(=O)C(C2CC2)N(CCn2ccnc2C)C1=O. The number of rotatable bonds is 5. The Morgan fingerprint density at radius 3 is 2.67 bits per heavy atom. The number of carbonyl (C=O) groups excluding carboxylic acids is 2. The van der Waals surface area contributed by atoms with Gasteiger partial charge in [0, 0.05) is 25.5 Å². The van der Waals surface area contributed by atoms with Crippen LogP contribution in [0.15, 0.2) is 12.4 Å². The lowest BCUT2D eigenvalue weighted by molar-refractivity contribution is -0.150. The van der Waals surface area contributed by atoms with Gasteiger partial charge in [0.15, 0.2) is 0 Å². The fraction of sp³-hybridized carbons (Fsp3) is 0.667. The molecule has 0 spiro atoms. The number of aromatic nitrogens is 2. The van der Waals surface area contributed by atoms with E-state index in [1.807, 2.05) is 24.6 Å². The van der Waals surface area contributed by atoms with E-state index < -0.39 is 0 Å². The van der Waals surface area contributed by atoms with Crippen molar-refractivity contribution in [1.82, 2.24) is 19.8 Å². The number of imidazole rings is 1. The number of hydrogen-bond acceptors (Lipinski definition) is 3. The van der Waals surface area contributed by atoms with Gasteiger partial charge in [-0.05, 0) is 32.1 Å². The Morgan fingerprint density at radius 2 is 2.10 bits per heavy atom. The first-order valence-corrected chi connectivity index (χ1v) is 7.70. The number of piperazine rings is 1. The summed E-state index contributed by atoms with van der Waals surface area (Å²) in [5.41, 5.74) is 0. The summed E-state index contributed by atoms with van der Waals surface area (Å²) in [6, 6.07) is -0.638. The molecule has 1 aliphatic carbocycles. The summed E-state index contributed by atoms with van der Waals surface area (Å²) in [6.07, 6.45) is 6.40. The smallest absolute Gasteiger partial charge is 0.245 e. The fourth-order valence-electron chi connectivity index (χ4n) is 3.06. The summed E-state index contributed by atoms with van der Waals surface area (Å²) in [7, 11) is 0. The summed E-state index contributed by atoms with van der Waals surface area (Å²) in [4.78, 5) is 30.9. The van der Waals surface area contributed by atoms with E-state index in [0.29, 0.717) is 25.4 Å². The van der Waals surface area contributed by atoms with Crippen molar-refractivity contribution < 1.29 is 9.59 Å². The lowest BCUT2D eigenvalue weighted by Gasteiger charge is -2.39. The zero-order valence-corrected chi connectivity index (χ0v) is 12.6. The maximum atomic E-state index is 12.6. The van der Waals surface area contributed by atoms with Crippen LogP contribution in [0.4, 0.5) is 0 Å². The van der Waals surface area contributed by atoms with E-state index in [2.05, 4.69) is 10.3 Å². The van der Waals surface area contributed by atoms with Gasteiger partial charge in [-0.15, -0.1) is 0 Å². The molecule has 2 fully saturated rings. The van der Waals surface area contributed by atoms with Crippen LogP contribution in [0.5, 0.6) is 0 Å². The summed E-state index contributed by atoms with van der Waals surface area (Å²) < 4.78 is 2.02. The molecule has 2 atom stereocenters. The average molecular weight is 290 g/mol. The van der Waals surface area contributed by atoms with E-state index in [-0.39, 0.29) is 23.9 Å². The molecule has 1 saturated heterocycles. The van der Waals surface area contributed by atoms with Gasteiger partial charge >= 0.3 is 0 Å². The van der Waals surface area contributed by atoms with Crippen LogP contribution >= 0.6 is 0 Å². The lowest BCUT2D eigenvalue weighted by Crippen LogP contribution is -2.64. The summed E-state index contributed by atoms with van der Waals surface area (Å²) in [5, 5.41) is 2.87. The molecule has 1 aromatic rings. The topological polar surface area (TPSA) is 67.2 Å². The van der Waals surface area contributed by atoms with Crippen molar-refractivity contribution in [3.63, 3.8) is 0 Å². The van der Waals surface area contributed by atoms with E-state index in [1.54, 1.807) is 11.1 Å². The van der Waals surface area contributed by atoms with Gasteiger partial charge in [-0.25, -0.2) is 4.98 Å². The highest BCUT2D eigenvalue weighted by Gasteiger charge is 2.47. The Labute approximate surface area is 124 Å². The first kappa shape index (κ1) is 14.1. The largest absolute Gasteiger partial charge is 0.343 e. The van der Waals surface area contributed by atoms with Crippen LogP contribution in [0.1, 0.15) is 32.0 Å². The molecule has 0 aromatic carbocycles. The zero-order valence-electron chi connectivity index (χ0n) is 12.6. The molecule has 0 bridgehead atoms. The maximum Gasteiger partial charge on any atom is 0.245 e. The minimum atomic E-state index is -0.364. The van der Waals surface area contributed by atoms with Crippen LogP contribution in [0.25, 0.3) is 0 Å². The average Bonchev–Trinajstić information content (AvgIpc) is 3.22. The zero-order chi connectivity index (χ0) is 15.0. The highest BCUT2D eigenvalue weighted by molar-refractivity contribution is 5.97. The van der Waals surface area contributed by atoms with E-state index in [9.17, 15) is 9.59 Å². The van der Waals surface area contributed by atoms with E-state index in [4.69, 9.17) is 0 Å². The predicted molar refractivity (Wildman–Crippen MR) is 77.4 cm³/mol. The quantitative estimate of drug-likeness (QED) is 0.868. The van der Waals surface area contributed by atoms with Crippen molar-refractivity contribution in [2.45, 2.75) is 51.7 Å². The van der Waals surface area contributed by atoms with Gasteiger partial charge in [-0.3, -0.25) is 9.59 Å². The third-order valence-electron chi connectivity index (χ3n) is 4.48. The van der Waals surface area contributed by atoms with Crippen molar-refractivity contribution in [3.05, 3.63) is 18.2 Å². The minimum absolute atomic E-state index is 0.0197. The van der Waals surface area contributed by atoms with Gasteiger partial charge in [-0.1, -0.05) is 6.92 Å². The molecule has 21 heavy (non-hydrogen) atoms. The van der Waals surface area contributed by atoms with Crippen molar-refractivity contribution in [1.29, 1.82) is 0 Å². The predicted octanol–water partition coefficient (Wildman–Crippen LogP) is 0.707. The molecule has 6 nitrogen and oxygen atoms in total. The maximum absolute atomic E-state index is 12.6. The molecule has 114 valence electrons. The summed E-state index contributed by atoms with van der Waals surface area (Å²) in [5.74, 6) is 1.35. The van der Waals surface area contributed by atoms with Crippen molar-refractivity contribution in [2.75, 3.05) is 6.54 Å². The van der Waals surface area contributed by atoms with Gasteiger partial charge in [0.2, 0.25) is 11.8 Å². The molecule has 2 amide bonds. The third-order valence-corrected chi connectivity index (χ3v) is 4.48. The minimum Gasteiger partial charge on any atom is -0.343 e. The second-order valence-electron chi connectivity index (χ2n) is 5.95. The second-order valence-corrected chi connectivity index (χ2v) is 5.95. The van der Waals surface area contributed by atoms with Gasteiger partial charge in [0.25, 0.3) is 0 Å². The molecule has 3 rings (SSSR count). The second kappa shape index (κ2) is 5.50. The first-order valence-electron chi connectivity index (χ1n) is 7.70. The fourth-order valence-corrected chi connectivity index (χ4v) is 3.06. The van der Waals surface area contributed by atoms with Crippen LogP contribution < -0.4 is 5.32 Å². The van der Waals surface area contributed by atoms with Gasteiger partial charge in [0.1, 0.15) is 17.9 Å². The Kier molecular flexibility index (Phi) is 3.69. The highest BCUT2D eigenvalue weighted by Crippen LogP contribution is 2.37. The number of nitrogens with one attached hydrogen (secondary N) is 1. The molecular weight excluding hydrogens is 268 g/mol. The van der Waals surface area contributed by atoms with E-state index >= 15 is 0 Å². The molecule has 2 aliphatic rings. The molecule has 1 saturated carbocycles. The molecule has 6 heteroatoms. The van der Waals surface area contributed by atoms with Crippen LogP contribution in [0.3, 0.4) is 0 Å². The Bertz CT molecular complexity index is 550. The molecular formula is C15H22N4O2. The van der Waals surface area contributed by atoms with Crippen LogP contribution in [0, 0.1) is 12.8 Å². The van der Waals surface area contributed by atoms with Crippen molar-refractivity contribution >= 4 is 11.8 Å². The standard InChI is InChI=1S/C15H22N4O2/c1-3-12-15(21)19(9-8-18-7-6-16-10(18)2)13(11-4-5-11)14(20)17-12/h6-7,11-13H,3-5,8-9H2,1-2H3,(H,17,20). The van der Waals surface area contributed by atoms with Gasteiger partial charge in [0.05, 0.1) is 0 Å². The van der Waals surface area contributed by atoms with Crippen molar-refractivity contribution in [3.8, 4) is 0 Å². The molecule has 2 heterocycles. The Morgan fingerprint density at radius 1 is 1.33 bits per heavy atom. The van der Waals surface area contributed by atoms with Crippen LogP contribution in [-0.4, -0.2) is 44.9 Å². The van der Waals surface area contributed by atoms with Crippen LogP contribution in [0.2, 0.25) is 0 Å². The lowest BCUT2D eigenvalue weighted by atomic mass is 10.0. The molecule has 1 aliphatic heterocycles. The normalized spacial score (nSPS) is 26.1. The number of nitrogens with zero attached hydrogens (tertiary/aromatic N) is 3. The molecule has 0 radical (unpaired) electrons. The monoisotopic (exact) mass is 290 g/mol. The summed E-state index contributed by atoms with van der Waals surface area (Å²) >= 11 is 0. The molecule has 1 aromatic heterocycles. The Balaban J connectivity index is 1.75. The number of carbonyl (C=O) groups is 2.